The number of hydrogen-bond acceptors (Lipinski definition) is 4. The smallest absolute Gasteiger partial charge is 0.260 e. The Labute approximate surface area is 72.2 Å². The zero-order valence-corrected chi connectivity index (χ0v) is 6.58. The van der Waals surface area contributed by atoms with Crippen LogP contribution in [0.25, 0.3) is 11.1 Å². The molecule has 0 saturated carbocycles. The van der Waals surface area contributed by atoms with Crippen molar-refractivity contribution in [3.05, 3.63) is 23.3 Å². The zero-order valence-electron chi connectivity index (χ0n) is 5.82. The number of pyridine rings is 1. The number of aromatic nitrogens is 2. The second-order valence-electron chi connectivity index (χ2n) is 2.12. The van der Waals surface area contributed by atoms with E-state index >= 15 is 0 Å². The van der Waals surface area contributed by atoms with E-state index in [1.165, 1.54) is 6.20 Å². The summed E-state index contributed by atoms with van der Waals surface area (Å²) in [5.74, 6) is 0.0138. The maximum Gasteiger partial charge on any atom is 0.260 e. The SMILES string of the molecule is O=Cc1nc2ccnc(Cl)c2o1. The first kappa shape index (κ1) is 7.24. The molecule has 0 amide bonds. The van der Waals surface area contributed by atoms with Crippen molar-refractivity contribution >= 4 is 29.0 Å². The zero-order chi connectivity index (χ0) is 8.55. The van der Waals surface area contributed by atoms with Crippen LogP contribution in [0.1, 0.15) is 10.7 Å². The predicted octanol–water partition coefficient (Wildman–Crippen LogP) is 1.69. The Bertz CT molecular complexity index is 438. The fraction of sp³-hybridized carbons (Fsp3) is 0. The van der Waals surface area contributed by atoms with Crippen molar-refractivity contribution in [2.24, 2.45) is 0 Å². The average Bonchev–Trinajstić information content (AvgIpc) is 2.49. The van der Waals surface area contributed by atoms with Crippen molar-refractivity contribution in [1.29, 1.82) is 0 Å². The molecule has 2 rings (SSSR count). The molecule has 0 atom stereocenters. The van der Waals surface area contributed by atoms with Gasteiger partial charge in [0.05, 0.1) is 0 Å². The number of carbonyl (C=O) groups is 1. The number of rotatable bonds is 1. The van der Waals surface area contributed by atoms with Gasteiger partial charge in [-0.05, 0) is 6.07 Å². The van der Waals surface area contributed by atoms with Gasteiger partial charge >= 0.3 is 0 Å². The summed E-state index contributed by atoms with van der Waals surface area (Å²) in [6.07, 6.45) is 2.03. The van der Waals surface area contributed by atoms with Crippen LogP contribution in [0.2, 0.25) is 5.15 Å². The molecule has 60 valence electrons. The standard InChI is InChI=1S/C7H3ClN2O2/c8-7-6-4(1-2-9-7)10-5(3-11)12-6/h1-3H. The lowest BCUT2D eigenvalue weighted by Gasteiger charge is -1.86. The largest absolute Gasteiger partial charge is 0.431 e. The van der Waals surface area contributed by atoms with Gasteiger partial charge in [0.25, 0.3) is 5.89 Å². The van der Waals surface area contributed by atoms with Crippen molar-refractivity contribution in [3.63, 3.8) is 0 Å². The molecule has 0 saturated heterocycles. The molecule has 2 aromatic heterocycles. The van der Waals surface area contributed by atoms with Crippen LogP contribution in [-0.2, 0) is 0 Å². The van der Waals surface area contributed by atoms with Crippen molar-refractivity contribution in [3.8, 4) is 0 Å². The van der Waals surface area contributed by atoms with Crippen LogP contribution in [-0.4, -0.2) is 16.3 Å². The molecule has 0 aromatic carbocycles. The molecule has 4 nitrogen and oxygen atoms in total. The van der Waals surface area contributed by atoms with Gasteiger partial charge in [0.1, 0.15) is 5.52 Å². The summed E-state index contributed by atoms with van der Waals surface area (Å²) in [4.78, 5) is 17.9. The first-order chi connectivity index (χ1) is 5.81. The Morgan fingerprint density at radius 3 is 3.08 bits per heavy atom. The summed E-state index contributed by atoms with van der Waals surface area (Å²) < 4.78 is 4.97. The lowest BCUT2D eigenvalue weighted by atomic mass is 10.4. The van der Waals surface area contributed by atoms with Crippen LogP contribution < -0.4 is 0 Å². The maximum absolute atomic E-state index is 10.3. The van der Waals surface area contributed by atoms with Gasteiger partial charge in [0, 0.05) is 6.20 Å². The van der Waals surface area contributed by atoms with Crippen LogP contribution >= 0.6 is 11.6 Å². The number of fused-ring (bicyclic) bond motifs is 1. The van der Waals surface area contributed by atoms with Crippen LogP contribution in [0.5, 0.6) is 0 Å². The molecule has 0 N–H and O–H groups in total. The van der Waals surface area contributed by atoms with Crippen LogP contribution in [0, 0.1) is 0 Å². The van der Waals surface area contributed by atoms with Gasteiger partial charge in [-0.2, -0.15) is 0 Å². The molecule has 0 fully saturated rings. The summed E-state index contributed by atoms with van der Waals surface area (Å²) >= 11 is 5.67. The molecule has 0 unspecified atom stereocenters. The van der Waals surface area contributed by atoms with E-state index < -0.39 is 0 Å². The maximum atomic E-state index is 10.3. The first-order valence-corrected chi connectivity index (χ1v) is 3.55. The third-order valence-corrected chi connectivity index (χ3v) is 1.65. The summed E-state index contributed by atoms with van der Waals surface area (Å²) in [5.41, 5.74) is 0.887. The molecule has 0 aliphatic rings. The monoisotopic (exact) mass is 182 g/mol. The lowest BCUT2D eigenvalue weighted by molar-refractivity contribution is 0.109. The third-order valence-electron chi connectivity index (χ3n) is 1.38. The van der Waals surface area contributed by atoms with Gasteiger partial charge in [0.2, 0.25) is 6.29 Å². The van der Waals surface area contributed by atoms with Crippen molar-refractivity contribution in [1.82, 2.24) is 9.97 Å². The molecule has 5 heteroatoms. The Morgan fingerprint density at radius 2 is 2.42 bits per heavy atom. The van der Waals surface area contributed by atoms with E-state index in [4.69, 9.17) is 16.0 Å². The van der Waals surface area contributed by atoms with Crippen LogP contribution in [0.3, 0.4) is 0 Å². The quantitative estimate of drug-likeness (QED) is 0.498. The summed E-state index contributed by atoms with van der Waals surface area (Å²) in [7, 11) is 0. The highest BCUT2D eigenvalue weighted by Crippen LogP contribution is 2.20. The molecular weight excluding hydrogens is 180 g/mol. The highest BCUT2D eigenvalue weighted by atomic mass is 35.5. The second-order valence-corrected chi connectivity index (χ2v) is 2.48. The van der Waals surface area contributed by atoms with E-state index in [2.05, 4.69) is 9.97 Å². The average molecular weight is 183 g/mol. The molecule has 2 aromatic rings. The van der Waals surface area contributed by atoms with E-state index in [0.717, 1.165) is 0 Å². The number of carbonyl (C=O) groups excluding carboxylic acids is 1. The van der Waals surface area contributed by atoms with E-state index in [1.54, 1.807) is 6.07 Å². The van der Waals surface area contributed by atoms with Gasteiger partial charge in [-0.25, -0.2) is 9.97 Å². The van der Waals surface area contributed by atoms with E-state index in [0.29, 0.717) is 17.4 Å². The molecule has 0 aliphatic carbocycles. The number of oxazole rings is 1. The van der Waals surface area contributed by atoms with Crippen molar-refractivity contribution in [2.45, 2.75) is 0 Å². The highest BCUT2D eigenvalue weighted by molar-refractivity contribution is 6.33. The van der Waals surface area contributed by atoms with E-state index in [-0.39, 0.29) is 11.0 Å². The topological polar surface area (TPSA) is 56.0 Å². The van der Waals surface area contributed by atoms with Gasteiger partial charge in [-0.15, -0.1) is 0 Å². The van der Waals surface area contributed by atoms with Crippen LogP contribution in [0.4, 0.5) is 0 Å². The Morgan fingerprint density at radius 1 is 1.58 bits per heavy atom. The minimum atomic E-state index is 0.0138. The highest BCUT2D eigenvalue weighted by Gasteiger charge is 2.07. The molecule has 2 heterocycles. The lowest BCUT2D eigenvalue weighted by Crippen LogP contribution is -1.75. The second kappa shape index (κ2) is 2.57. The fourth-order valence-electron chi connectivity index (χ4n) is 0.892. The van der Waals surface area contributed by atoms with Crippen LogP contribution in [0.15, 0.2) is 16.7 Å². The van der Waals surface area contributed by atoms with Crippen molar-refractivity contribution < 1.29 is 9.21 Å². The van der Waals surface area contributed by atoms with Gasteiger partial charge in [0.15, 0.2) is 10.7 Å². The Kier molecular flexibility index (Phi) is 1.55. The molecule has 12 heavy (non-hydrogen) atoms. The van der Waals surface area contributed by atoms with E-state index in [9.17, 15) is 4.79 Å². The Balaban J connectivity index is 2.82. The fourth-order valence-corrected chi connectivity index (χ4v) is 1.08. The Hall–Kier alpha value is -1.42. The molecular formula is C7H3ClN2O2. The third kappa shape index (κ3) is 0.967. The number of hydrogen-bond donors (Lipinski definition) is 0. The van der Waals surface area contributed by atoms with Crippen molar-refractivity contribution in [2.75, 3.05) is 0 Å². The van der Waals surface area contributed by atoms with Gasteiger partial charge in [-0.1, -0.05) is 11.6 Å². The minimum absolute atomic E-state index is 0.0138. The summed E-state index contributed by atoms with van der Waals surface area (Å²) in [6.45, 7) is 0. The van der Waals surface area contributed by atoms with E-state index in [1.807, 2.05) is 0 Å². The molecule has 0 aliphatic heterocycles. The molecule has 0 bridgehead atoms. The number of nitrogens with zero attached hydrogens (tertiary/aromatic N) is 2. The minimum Gasteiger partial charge on any atom is -0.431 e. The molecule has 0 radical (unpaired) electrons. The summed E-state index contributed by atoms with van der Waals surface area (Å²) in [5, 5.41) is 0.216. The van der Waals surface area contributed by atoms with Gasteiger partial charge in [-0.3, -0.25) is 4.79 Å². The normalized spacial score (nSPS) is 10.4. The molecule has 0 spiro atoms. The number of aldehydes is 1. The first-order valence-electron chi connectivity index (χ1n) is 3.17. The predicted molar refractivity (Wildman–Crippen MR) is 42.2 cm³/mol. The number of halogens is 1. The summed E-state index contributed by atoms with van der Waals surface area (Å²) in [6, 6.07) is 1.62. The van der Waals surface area contributed by atoms with Gasteiger partial charge < -0.3 is 4.42 Å².